The van der Waals surface area contributed by atoms with E-state index in [-0.39, 0.29) is 31.0 Å². The van der Waals surface area contributed by atoms with Gasteiger partial charge in [-0.25, -0.2) is 4.79 Å². The number of rotatable bonds is 13. The average molecular weight is 315 g/mol. The summed E-state index contributed by atoms with van der Waals surface area (Å²) in [5, 5.41) is 0. The molecular weight excluding hydrogens is 286 g/mol. The number of allylic oxidation sites excluding steroid dienone is 1. The van der Waals surface area contributed by atoms with Crippen molar-refractivity contribution in [2.24, 2.45) is 0 Å². The summed E-state index contributed by atoms with van der Waals surface area (Å²) in [7, 11) is 3.83. The van der Waals surface area contributed by atoms with Crippen molar-refractivity contribution in [2.45, 2.75) is 32.7 Å². The van der Waals surface area contributed by atoms with Crippen molar-refractivity contribution in [3.05, 3.63) is 12.2 Å². The van der Waals surface area contributed by atoms with Crippen LogP contribution in [0, 0.1) is 0 Å². The lowest BCUT2D eigenvalue weighted by Gasteiger charge is -2.23. The van der Waals surface area contributed by atoms with Gasteiger partial charge in [0.2, 0.25) is 0 Å². The van der Waals surface area contributed by atoms with E-state index in [0.717, 1.165) is 6.42 Å². The fraction of sp³-hybridized carbons (Fsp3) is 0.750. The van der Waals surface area contributed by atoms with E-state index in [9.17, 15) is 9.59 Å². The summed E-state index contributed by atoms with van der Waals surface area (Å²) in [6.45, 7) is 4.99. The van der Waals surface area contributed by atoms with E-state index in [2.05, 4.69) is 0 Å². The molecule has 0 rings (SSSR count). The first-order valence-electron chi connectivity index (χ1n) is 7.59. The summed E-state index contributed by atoms with van der Waals surface area (Å²) >= 11 is 0. The first-order valence-corrected chi connectivity index (χ1v) is 7.59. The molecule has 128 valence electrons. The van der Waals surface area contributed by atoms with Crippen LogP contribution in [-0.2, 0) is 23.8 Å². The predicted molar refractivity (Wildman–Crippen MR) is 84.8 cm³/mol. The number of ketones is 1. The maximum absolute atomic E-state index is 11.4. The van der Waals surface area contributed by atoms with Gasteiger partial charge in [-0.15, -0.1) is 0 Å². The van der Waals surface area contributed by atoms with Gasteiger partial charge in [-0.2, -0.15) is 0 Å². The van der Waals surface area contributed by atoms with Crippen molar-refractivity contribution in [1.82, 2.24) is 4.90 Å². The zero-order valence-corrected chi connectivity index (χ0v) is 14.2. The molecular formula is C16H29NO5. The second kappa shape index (κ2) is 13.4. The summed E-state index contributed by atoms with van der Waals surface area (Å²) in [5.41, 5.74) is 0. The molecule has 0 spiro atoms. The van der Waals surface area contributed by atoms with Crippen LogP contribution in [0.4, 0.5) is 0 Å². The number of Topliss-reactive ketones (excluding diaryl/α,β-unsaturated/α-hetero) is 1. The monoisotopic (exact) mass is 315 g/mol. The third kappa shape index (κ3) is 12.5. The number of carbonyl (C=O) groups excluding carboxylic acids is 2. The van der Waals surface area contributed by atoms with Crippen LogP contribution in [0.3, 0.4) is 0 Å². The lowest BCUT2D eigenvalue weighted by atomic mass is 10.3. The number of carbonyl (C=O) groups is 2. The fourth-order valence-corrected chi connectivity index (χ4v) is 1.48. The number of likely N-dealkylation sites (N-methyl/N-ethyl adjacent to an activating group) is 1. The molecule has 0 aromatic rings. The standard InChI is InChI=1S/C16H29NO5/c1-5-6-7-9-22-16(19)13-21-12-15(17(3)4)11-20-10-8-14(2)18/h6-7,15H,5,8-13H2,1-4H3/b7-6-. The van der Waals surface area contributed by atoms with Crippen LogP contribution in [0.1, 0.15) is 26.7 Å². The van der Waals surface area contributed by atoms with E-state index in [1.807, 2.05) is 38.1 Å². The molecule has 22 heavy (non-hydrogen) atoms. The van der Waals surface area contributed by atoms with E-state index >= 15 is 0 Å². The van der Waals surface area contributed by atoms with Crippen LogP contribution in [0.5, 0.6) is 0 Å². The molecule has 0 saturated carbocycles. The van der Waals surface area contributed by atoms with Gasteiger partial charge in [0.15, 0.2) is 0 Å². The third-order valence-corrected chi connectivity index (χ3v) is 2.91. The Morgan fingerprint density at radius 2 is 1.82 bits per heavy atom. The average Bonchev–Trinajstić information content (AvgIpc) is 2.45. The Morgan fingerprint density at radius 3 is 2.41 bits per heavy atom. The van der Waals surface area contributed by atoms with Crippen LogP contribution >= 0.6 is 0 Å². The highest BCUT2D eigenvalue weighted by molar-refractivity contribution is 5.75. The molecule has 0 aliphatic carbocycles. The Balaban J connectivity index is 3.82. The van der Waals surface area contributed by atoms with E-state index in [4.69, 9.17) is 14.2 Å². The molecule has 1 atom stereocenters. The molecule has 0 aliphatic heterocycles. The molecule has 0 aromatic heterocycles. The molecule has 0 amide bonds. The lowest BCUT2D eigenvalue weighted by Crippen LogP contribution is -2.37. The quantitative estimate of drug-likeness (QED) is 0.291. The van der Waals surface area contributed by atoms with Gasteiger partial charge in [0.1, 0.15) is 19.0 Å². The zero-order valence-electron chi connectivity index (χ0n) is 14.2. The number of esters is 1. The molecule has 0 heterocycles. The molecule has 6 heteroatoms. The van der Waals surface area contributed by atoms with Crippen LogP contribution in [-0.4, -0.2) is 69.8 Å². The van der Waals surface area contributed by atoms with E-state index in [1.54, 1.807) is 0 Å². The summed E-state index contributed by atoms with van der Waals surface area (Å²) in [5.74, 6) is -0.270. The molecule has 0 aliphatic rings. The van der Waals surface area contributed by atoms with Gasteiger partial charge in [-0.3, -0.25) is 4.79 Å². The summed E-state index contributed by atoms with van der Waals surface area (Å²) in [6, 6.07) is 0.0275. The van der Waals surface area contributed by atoms with Crippen LogP contribution in [0.15, 0.2) is 12.2 Å². The van der Waals surface area contributed by atoms with Gasteiger partial charge in [0.25, 0.3) is 0 Å². The maximum atomic E-state index is 11.4. The first-order chi connectivity index (χ1) is 10.5. The number of ether oxygens (including phenoxy) is 3. The molecule has 0 aromatic carbocycles. The lowest BCUT2D eigenvalue weighted by molar-refractivity contribution is -0.148. The second-order valence-corrected chi connectivity index (χ2v) is 5.22. The van der Waals surface area contributed by atoms with Crippen molar-refractivity contribution in [1.29, 1.82) is 0 Å². The Morgan fingerprint density at radius 1 is 1.14 bits per heavy atom. The van der Waals surface area contributed by atoms with Crippen LogP contribution in [0.25, 0.3) is 0 Å². The fourth-order valence-electron chi connectivity index (χ4n) is 1.48. The van der Waals surface area contributed by atoms with Crippen molar-refractivity contribution in [3.8, 4) is 0 Å². The maximum Gasteiger partial charge on any atom is 0.332 e. The Kier molecular flexibility index (Phi) is 12.7. The van der Waals surface area contributed by atoms with Crippen LogP contribution < -0.4 is 0 Å². The van der Waals surface area contributed by atoms with E-state index < -0.39 is 0 Å². The first kappa shape index (κ1) is 20.8. The van der Waals surface area contributed by atoms with Gasteiger partial charge in [0.05, 0.1) is 25.9 Å². The summed E-state index contributed by atoms with van der Waals surface area (Å²) < 4.78 is 15.8. The molecule has 1 unspecified atom stereocenters. The molecule has 6 nitrogen and oxygen atoms in total. The summed E-state index contributed by atoms with van der Waals surface area (Å²) in [4.78, 5) is 24.2. The van der Waals surface area contributed by atoms with Gasteiger partial charge >= 0.3 is 5.97 Å². The SMILES string of the molecule is CC/C=C\COC(=O)COCC(COCCC(C)=O)N(C)C. The molecule has 0 bridgehead atoms. The Hall–Kier alpha value is -1.24. The van der Waals surface area contributed by atoms with Crippen molar-refractivity contribution in [2.75, 3.05) is 47.1 Å². The summed E-state index contributed by atoms with van der Waals surface area (Å²) in [6.07, 6.45) is 5.08. The topological polar surface area (TPSA) is 65.1 Å². The zero-order chi connectivity index (χ0) is 16.8. The minimum Gasteiger partial charge on any atom is -0.460 e. The predicted octanol–water partition coefficient (Wildman–Crippen LogP) is 1.44. The van der Waals surface area contributed by atoms with Gasteiger partial charge in [-0.1, -0.05) is 19.1 Å². The van der Waals surface area contributed by atoms with E-state index in [1.165, 1.54) is 6.92 Å². The minimum absolute atomic E-state index is 0.0275. The van der Waals surface area contributed by atoms with Crippen LogP contribution in [0.2, 0.25) is 0 Å². The largest absolute Gasteiger partial charge is 0.460 e. The van der Waals surface area contributed by atoms with Gasteiger partial charge < -0.3 is 19.1 Å². The second-order valence-electron chi connectivity index (χ2n) is 5.22. The third-order valence-electron chi connectivity index (χ3n) is 2.91. The van der Waals surface area contributed by atoms with E-state index in [0.29, 0.717) is 26.2 Å². The number of hydrogen-bond acceptors (Lipinski definition) is 6. The normalized spacial score (nSPS) is 12.8. The highest BCUT2D eigenvalue weighted by atomic mass is 16.6. The van der Waals surface area contributed by atoms with Crippen molar-refractivity contribution >= 4 is 11.8 Å². The molecule has 0 saturated heterocycles. The van der Waals surface area contributed by atoms with Gasteiger partial charge in [-0.05, 0) is 27.4 Å². The Labute approximate surface area is 133 Å². The molecule has 0 fully saturated rings. The minimum atomic E-state index is -0.379. The highest BCUT2D eigenvalue weighted by Gasteiger charge is 2.13. The molecule has 0 radical (unpaired) electrons. The molecule has 0 N–H and O–H groups in total. The highest BCUT2D eigenvalue weighted by Crippen LogP contribution is 1.98. The number of hydrogen-bond donors (Lipinski definition) is 0. The van der Waals surface area contributed by atoms with Gasteiger partial charge in [0, 0.05) is 6.42 Å². The Bertz CT molecular complexity index is 341. The van der Waals surface area contributed by atoms with Crippen molar-refractivity contribution < 1.29 is 23.8 Å². The smallest absolute Gasteiger partial charge is 0.332 e. The number of nitrogens with zero attached hydrogens (tertiary/aromatic N) is 1. The van der Waals surface area contributed by atoms with Crippen molar-refractivity contribution in [3.63, 3.8) is 0 Å².